The molecule has 132 valence electrons. The monoisotopic (exact) mass is 380 g/mol. The van der Waals surface area contributed by atoms with Gasteiger partial charge in [0, 0.05) is 5.02 Å². The van der Waals surface area contributed by atoms with Crippen LogP contribution in [0.4, 0.5) is 5.13 Å². The Labute approximate surface area is 154 Å². The number of rotatable bonds is 8. The Hall–Kier alpha value is -2.38. The number of anilines is 1. The average molecular weight is 381 g/mol. The topological polar surface area (TPSA) is 77.5 Å². The second kappa shape index (κ2) is 9.19. The predicted octanol–water partition coefficient (Wildman–Crippen LogP) is 3.86. The molecule has 6 nitrogen and oxygen atoms in total. The van der Waals surface area contributed by atoms with Crippen molar-refractivity contribution in [1.29, 1.82) is 0 Å². The van der Waals surface area contributed by atoms with Gasteiger partial charge in [-0.3, -0.25) is 4.79 Å². The number of carbonyl (C=O) groups is 2. The summed E-state index contributed by atoms with van der Waals surface area (Å²) in [6, 6.07) is 6.88. The van der Waals surface area contributed by atoms with Crippen molar-refractivity contribution in [1.82, 2.24) is 4.98 Å². The fourth-order valence-corrected chi connectivity index (χ4v) is 2.82. The molecule has 8 heteroatoms. The normalized spacial score (nSPS) is 10.2. The first kappa shape index (κ1) is 19.0. The minimum Gasteiger partial charge on any atom is -0.493 e. The molecule has 1 amide bonds. The number of hydrogen-bond donors (Lipinski definition) is 1. The third-order valence-corrected chi connectivity index (χ3v) is 4.28. The zero-order valence-corrected chi connectivity index (χ0v) is 15.2. The van der Waals surface area contributed by atoms with E-state index in [-0.39, 0.29) is 25.5 Å². The molecule has 1 aromatic carbocycles. The molecule has 0 unspecified atom stereocenters. The van der Waals surface area contributed by atoms with Gasteiger partial charge < -0.3 is 14.8 Å². The number of ether oxygens (including phenoxy) is 2. The average Bonchev–Trinajstić information content (AvgIpc) is 2.94. The first-order valence-corrected chi connectivity index (χ1v) is 8.62. The molecule has 25 heavy (non-hydrogen) atoms. The van der Waals surface area contributed by atoms with Crippen LogP contribution in [-0.2, 0) is 9.53 Å². The maximum atomic E-state index is 11.9. The van der Waals surface area contributed by atoms with E-state index < -0.39 is 5.97 Å². The Morgan fingerprint density at radius 1 is 1.36 bits per heavy atom. The van der Waals surface area contributed by atoms with E-state index in [0.717, 1.165) is 11.3 Å². The van der Waals surface area contributed by atoms with E-state index in [0.29, 0.717) is 26.5 Å². The van der Waals surface area contributed by atoms with Gasteiger partial charge in [0.15, 0.2) is 5.13 Å². The maximum Gasteiger partial charge on any atom is 0.350 e. The third-order valence-electron chi connectivity index (χ3n) is 2.97. The molecule has 1 N–H and O–H groups in total. The van der Waals surface area contributed by atoms with Crippen LogP contribution in [0.5, 0.6) is 5.75 Å². The summed E-state index contributed by atoms with van der Waals surface area (Å²) in [5, 5.41) is 3.61. The summed E-state index contributed by atoms with van der Waals surface area (Å²) in [5.41, 5.74) is 0.506. The van der Waals surface area contributed by atoms with Gasteiger partial charge in [-0.2, -0.15) is 0 Å². The number of carbonyl (C=O) groups excluding carboxylic acids is 2. The van der Waals surface area contributed by atoms with Crippen molar-refractivity contribution >= 4 is 39.9 Å². The van der Waals surface area contributed by atoms with Crippen molar-refractivity contribution in [3.63, 3.8) is 0 Å². The summed E-state index contributed by atoms with van der Waals surface area (Å²) >= 11 is 6.86. The number of aromatic nitrogens is 1. The summed E-state index contributed by atoms with van der Waals surface area (Å²) in [6.45, 7) is 5.50. The van der Waals surface area contributed by atoms with Crippen LogP contribution in [0.2, 0.25) is 5.02 Å². The SMILES string of the molecule is C=CCOC(=O)c1sc(NC(=O)CCOc2ccc(Cl)cc2)nc1C. The number of esters is 1. The lowest BCUT2D eigenvalue weighted by Crippen LogP contribution is -2.15. The van der Waals surface area contributed by atoms with Gasteiger partial charge in [0.1, 0.15) is 17.2 Å². The zero-order chi connectivity index (χ0) is 18.2. The summed E-state index contributed by atoms with van der Waals surface area (Å²) < 4.78 is 10.4. The summed E-state index contributed by atoms with van der Waals surface area (Å²) in [5.74, 6) is -0.107. The molecule has 0 atom stereocenters. The molecule has 0 bridgehead atoms. The third kappa shape index (κ3) is 5.88. The minimum atomic E-state index is -0.485. The highest BCUT2D eigenvalue weighted by Crippen LogP contribution is 2.23. The van der Waals surface area contributed by atoms with E-state index in [1.54, 1.807) is 31.2 Å². The number of thiazole rings is 1. The molecule has 0 aliphatic carbocycles. The molecular weight excluding hydrogens is 364 g/mol. The van der Waals surface area contributed by atoms with Gasteiger partial charge in [-0.1, -0.05) is 35.6 Å². The molecule has 0 spiro atoms. The summed E-state index contributed by atoms with van der Waals surface area (Å²) in [4.78, 5) is 28.3. The number of hydrogen-bond acceptors (Lipinski definition) is 6. The van der Waals surface area contributed by atoms with Crippen molar-refractivity contribution in [3.8, 4) is 5.75 Å². The molecule has 0 saturated carbocycles. The maximum absolute atomic E-state index is 11.9. The van der Waals surface area contributed by atoms with E-state index in [1.165, 1.54) is 6.08 Å². The number of halogens is 1. The number of nitrogens with one attached hydrogen (secondary N) is 1. The van der Waals surface area contributed by atoms with Gasteiger partial charge in [-0.05, 0) is 31.2 Å². The highest BCUT2D eigenvalue weighted by molar-refractivity contribution is 7.17. The second-order valence-corrected chi connectivity index (χ2v) is 6.36. The van der Waals surface area contributed by atoms with Crippen LogP contribution in [-0.4, -0.2) is 30.1 Å². The first-order chi connectivity index (χ1) is 12.0. The van der Waals surface area contributed by atoms with Crippen molar-refractivity contribution in [3.05, 3.63) is 52.5 Å². The Bertz CT molecular complexity index is 759. The van der Waals surface area contributed by atoms with Gasteiger partial charge in [0.2, 0.25) is 5.91 Å². The van der Waals surface area contributed by atoms with Crippen LogP contribution in [0.25, 0.3) is 0 Å². The van der Waals surface area contributed by atoms with Crippen LogP contribution in [0, 0.1) is 6.92 Å². The van der Waals surface area contributed by atoms with E-state index in [9.17, 15) is 9.59 Å². The Morgan fingerprint density at radius 2 is 2.08 bits per heavy atom. The number of amides is 1. The van der Waals surface area contributed by atoms with E-state index >= 15 is 0 Å². The quantitative estimate of drug-likeness (QED) is 0.555. The minimum absolute atomic E-state index is 0.125. The van der Waals surface area contributed by atoms with Gasteiger partial charge in [-0.25, -0.2) is 9.78 Å². The van der Waals surface area contributed by atoms with Crippen molar-refractivity contribution in [2.24, 2.45) is 0 Å². The zero-order valence-electron chi connectivity index (χ0n) is 13.6. The summed E-state index contributed by atoms with van der Waals surface area (Å²) in [7, 11) is 0. The fraction of sp³-hybridized carbons (Fsp3) is 0.235. The lowest BCUT2D eigenvalue weighted by atomic mass is 10.3. The number of aryl methyl sites for hydroxylation is 1. The van der Waals surface area contributed by atoms with Crippen molar-refractivity contribution in [2.45, 2.75) is 13.3 Å². The number of nitrogens with zero attached hydrogens (tertiary/aromatic N) is 1. The highest BCUT2D eigenvalue weighted by atomic mass is 35.5. The van der Waals surface area contributed by atoms with Crippen molar-refractivity contribution in [2.75, 3.05) is 18.5 Å². The Kier molecular flexibility index (Phi) is 6.97. The lowest BCUT2D eigenvalue weighted by molar-refractivity contribution is -0.116. The van der Waals surface area contributed by atoms with Crippen LogP contribution in [0.15, 0.2) is 36.9 Å². The van der Waals surface area contributed by atoms with Crippen LogP contribution in [0.3, 0.4) is 0 Å². The Morgan fingerprint density at radius 3 is 2.76 bits per heavy atom. The molecule has 0 aliphatic heterocycles. The molecule has 1 heterocycles. The number of benzene rings is 1. The lowest BCUT2D eigenvalue weighted by Gasteiger charge is -2.05. The largest absolute Gasteiger partial charge is 0.493 e. The highest BCUT2D eigenvalue weighted by Gasteiger charge is 2.17. The van der Waals surface area contributed by atoms with Gasteiger partial charge in [0.25, 0.3) is 0 Å². The molecule has 2 aromatic rings. The molecule has 1 aromatic heterocycles. The van der Waals surface area contributed by atoms with Gasteiger partial charge >= 0.3 is 5.97 Å². The van der Waals surface area contributed by atoms with Gasteiger partial charge in [0.05, 0.1) is 18.7 Å². The Balaban J connectivity index is 1.83. The van der Waals surface area contributed by atoms with Crippen LogP contribution >= 0.6 is 22.9 Å². The van der Waals surface area contributed by atoms with Gasteiger partial charge in [-0.15, -0.1) is 0 Å². The summed E-state index contributed by atoms with van der Waals surface area (Å²) in [6.07, 6.45) is 1.63. The van der Waals surface area contributed by atoms with Crippen molar-refractivity contribution < 1.29 is 19.1 Å². The molecule has 0 fully saturated rings. The second-order valence-electron chi connectivity index (χ2n) is 4.92. The molecule has 0 aliphatic rings. The molecule has 0 saturated heterocycles. The van der Waals surface area contributed by atoms with E-state index in [2.05, 4.69) is 16.9 Å². The van der Waals surface area contributed by atoms with Crippen LogP contribution < -0.4 is 10.1 Å². The fourth-order valence-electron chi connectivity index (χ4n) is 1.81. The first-order valence-electron chi connectivity index (χ1n) is 7.43. The predicted molar refractivity (Wildman–Crippen MR) is 97.5 cm³/mol. The van der Waals surface area contributed by atoms with E-state index in [1.807, 2.05) is 0 Å². The molecular formula is C17H17ClN2O4S. The molecule has 2 rings (SSSR count). The van der Waals surface area contributed by atoms with Crippen LogP contribution in [0.1, 0.15) is 21.8 Å². The molecule has 0 radical (unpaired) electrons. The standard InChI is InChI=1S/C17H17ClN2O4S/c1-3-9-24-16(22)15-11(2)19-17(25-15)20-14(21)8-10-23-13-6-4-12(18)5-7-13/h3-7H,1,8-10H2,2H3,(H,19,20,21). The van der Waals surface area contributed by atoms with E-state index in [4.69, 9.17) is 21.1 Å². The smallest absolute Gasteiger partial charge is 0.350 e.